The average molecular weight is 274 g/mol. The van der Waals surface area contributed by atoms with Crippen molar-refractivity contribution in [2.75, 3.05) is 6.54 Å². The molecule has 1 fully saturated rings. The summed E-state index contributed by atoms with van der Waals surface area (Å²) in [6.07, 6.45) is 6.08. The molecular weight excluding hydrogens is 258 g/mol. The van der Waals surface area contributed by atoms with Crippen molar-refractivity contribution < 1.29 is 4.79 Å². The van der Waals surface area contributed by atoms with E-state index in [2.05, 4.69) is 22.4 Å². The molecule has 1 aliphatic rings. The first-order valence-corrected chi connectivity index (χ1v) is 7.12. The fraction of sp³-hybridized carbons (Fsp3) is 0.727. The maximum Gasteiger partial charge on any atom is 0.282 e. The molecule has 4 nitrogen and oxygen atoms in total. The highest BCUT2D eigenvalue weighted by molar-refractivity contribution is 7.17. The van der Waals surface area contributed by atoms with Gasteiger partial charge in [0.25, 0.3) is 5.91 Å². The lowest BCUT2D eigenvalue weighted by molar-refractivity contribution is 0.0927. The summed E-state index contributed by atoms with van der Waals surface area (Å²) >= 11 is 6.77. The summed E-state index contributed by atoms with van der Waals surface area (Å²) in [6, 6.07) is 0. The molecule has 0 spiro atoms. The molecule has 0 atom stereocenters. The second-order valence-electron chi connectivity index (χ2n) is 4.60. The maximum atomic E-state index is 11.8. The molecular formula is C11H16ClN3OS. The van der Waals surface area contributed by atoms with Crippen LogP contribution in [0.5, 0.6) is 0 Å². The van der Waals surface area contributed by atoms with Gasteiger partial charge in [-0.15, -0.1) is 10.2 Å². The van der Waals surface area contributed by atoms with Crippen LogP contribution in [0.3, 0.4) is 0 Å². The van der Waals surface area contributed by atoms with Gasteiger partial charge in [0.05, 0.1) is 0 Å². The number of amides is 1. The first-order valence-electron chi connectivity index (χ1n) is 5.92. The number of carbonyl (C=O) groups excluding carboxylic acids is 1. The summed E-state index contributed by atoms with van der Waals surface area (Å²) < 4.78 is 0.307. The Kier molecular flexibility index (Phi) is 3.99. The van der Waals surface area contributed by atoms with Gasteiger partial charge in [0.2, 0.25) is 9.47 Å². The average Bonchev–Trinajstić information content (AvgIpc) is 2.95. The zero-order valence-corrected chi connectivity index (χ0v) is 11.4. The molecule has 0 aromatic carbocycles. The molecule has 2 rings (SSSR count). The molecule has 17 heavy (non-hydrogen) atoms. The first kappa shape index (κ1) is 12.8. The quantitative estimate of drug-likeness (QED) is 0.918. The molecule has 0 aliphatic heterocycles. The van der Waals surface area contributed by atoms with Crippen LogP contribution in [0.2, 0.25) is 4.47 Å². The minimum Gasteiger partial charge on any atom is -0.349 e. The largest absolute Gasteiger partial charge is 0.349 e. The first-order chi connectivity index (χ1) is 8.15. The highest BCUT2D eigenvalue weighted by Gasteiger charge is 2.32. The number of nitrogens with one attached hydrogen (secondary N) is 1. The van der Waals surface area contributed by atoms with Gasteiger partial charge in [0.1, 0.15) is 0 Å². The van der Waals surface area contributed by atoms with E-state index in [0.717, 1.165) is 24.3 Å². The molecule has 1 aromatic rings. The highest BCUT2D eigenvalue weighted by Crippen LogP contribution is 2.40. The third kappa shape index (κ3) is 2.96. The van der Waals surface area contributed by atoms with Crippen LogP contribution in [-0.2, 0) is 0 Å². The van der Waals surface area contributed by atoms with E-state index in [-0.39, 0.29) is 5.91 Å². The molecule has 6 heteroatoms. The molecule has 1 amide bonds. The number of carbonyl (C=O) groups is 1. The normalized spacial score (nSPS) is 18.2. The minimum atomic E-state index is -0.158. The summed E-state index contributed by atoms with van der Waals surface area (Å²) in [4.78, 5) is 11.8. The van der Waals surface area contributed by atoms with E-state index < -0.39 is 0 Å². The molecule has 94 valence electrons. The van der Waals surface area contributed by atoms with Crippen LogP contribution in [0.15, 0.2) is 0 Å². The van der Waals surface area contributed by atoms with Crippen LogP contribution in [0.1, 0.15) is 48.8 Å². The predicted molar refractivity (Wildman–Crippen MR) is 68.4 cm³/mol. The van der Waals surface area contributed by atoms with Crippen molar-refractivity contribution in [2.24, 2.45) is 5.41 Å². The van der Waals surface area contributed by atoms with Gasteiger partial charge < -0.3 is 5.32 Å². The Morgan fingerprint density at radius 3 is 2.71 bits per heavy atom. The standard InChI is InChI=1S/C11H16ClN3OS/c1-2-11(5-3-4-6-11)7-13-8(16)9-14-15-10(12)17-9/h2-7H2,1H3,(H,13,16). The van der Waals surface area contributed by atoms with Gasteiger partial charge in [-0.05, 0) is 36.3 Å². The number of halogens is 1. The van der Waals surface area contributed by atoms with Gasteiger partial charge >= 0.3 is 0 Å². The topological polar surface area (TPSA) is 54.9 Å². The fourth-order valence-corrected chi connectivity index (χ4v) is 3.17. The minimum absolute atomic E-state index is 0.158. The SMILES string of the molecule is CCC1(CNC(=O)c2nnc(Cl)s2)CCCC1. The number of rotatable bonds is 4. The van der Waals surface area contributed by atoms with E-state index in [4.69, 9.17) is 11.6 Å². The van der Waals surface area contributed by atoms with Gasteiger partial charge in [-0.1, -0.05) is 31.1 Å². The van der Waals surface area contributed by atoms with Gasteiger partial charge in [0.15, 0.2) is 0 Å². The van der Waals surface area contributed by atoms with E-state index in [0.29, 0.717) is 14.9 Å². The summed E-state index contributed by atoms with van der Waals surface area (Å²) in [5.41, 5.74) is 0.296. The second kappa shape index (κ2) is 5.31. The molecule has 0 bridgehead atoms. The highest BCUT2D eigenvalue weighted by atomic mass is 35.5. The van der Waals surface area contributed by atoms with Crippen molar-refractivity contribution in [3.63, 3.8) is 0 Å². The van der Waals surface area contributed by atoms with Gasteiger partial charge in [-0.25, -0.2) is 0 Å². The van der Waals surface area contributed by atoms with E-state index in [1.54, 1.807) is 0 Å². The van der Waals surface area contributed by atoms with E-state index in [1.807, 2.05) is 0 Å². The van der Waals surface area contributed by atoms with Crippen molar-refractivity contribution in [3.8, 4) is 0 Å². The number of hydrogen-bond acceptors (Lipinski definition) is 4. The summed E-state index contributed by atoms with van der Waals surface area (Å²) in [5, 5.41) is 10.7. The summed E-state index contributed by atoms with van der Waals surface area (Å²) in [5.74, 6) is -0.158. The molecule has 1 heterocycles. The van der Waals surface area contributed by atoms with Crippen LogP contribution in [-0.4, -0.2) is 22.6 Å². The Hall–Kier alpha value is -0.680. The summed E-state index contributed by atoms with van der Waals surface area (Å²) in [6.45, 7) is 2.93. The van der Waals surface area contributed by atoms with E-state index in [9.17, 15) is 4.79 Å². The molecule has 1 aromatic heterocycles. The Morgan fingerprint density at radius 2 is 2.18 bits per heavy atom. The van der Waals surface area contributed by atoms with Crippen molar-refractivity contribution in [3.05, 3.63) is 9.47 Å². The molecule has 1 N–H and O–H groups in total. The lowest BCUT2D eigenvalue weighted by atomic mass is 9.83. The van der Waals surface area contributed by atoms with Crippen LogP contribution < -0.4 is 5.32 Å². The van der Waals surface area contributed by atoms with Crippen molar-refractivity contribution >= 4 is 28.8 Å². The number of nitrogens with zero attached hydrogens (tertiary/aromatic N) is 2. The Bertz CT molecular complexity index is 401. The van der Waals surface area contributed by atoms with E-state index in [1.165, 1.54) is 25.7 Å². The van der Waals surface area contributed by atoms with Crippen LogP contribution in [0.4, 0.5) is 0 Å². The third-order valence-electron chi connectivity index (χ3n) is 3.63. The predicted octanol–water partition coefficient (Wildman–Crippen LogP) is 2.89. The Balaban J connectivity index is 1.91. The van der Waals surface area contributed by atoms with Crippen molar-refractivity contribution in [1.29, 1.82) is 0 Å². The van der Waals surface area contributed by atoms with Crippen LogP contribution in [0.25, 0.3) is 0 Å². The number of hydrogen-bond donors (Lipinski definition) is 1. The monoisotopic (exact) mass is 273 g/mol. The van der Waals surface area contributed by atoms with Crippen molar-refractivity contribution in [1.82, 2.24) is 15.5 Å². The third-order valence-corrected chi connectivity index (χ3v) is 4.65. The second-order valence-corrected chi connectivity index (χ2v) is 6.16. The molecule has 0 radical (unpaired) electrons. The zero-order chi connectivity index (χ0) is 12.3. The van der Waals surface area contributed by atoms with Gasteiger partial charge in [0, 0.05) is 6.54 Å². The molecule has 1 aliphatic carbocycles. The fourth-order valence-electron chi connectivity index (χ4n) is 2.42. The molecule has 1 saturated carbocycles. The smallest absolute Gasteiger partial charge is 0.282 e. The Morgan fingerprint density at radius 1 is 1.47 bits per heavy atom. The van der Waals surface area contributed by atoms with Crippen LogP contribution in [0, 0.1) is 5.41 Å². The van der Waals surface area contributed by atoms with Crippen LogP contribution >= 0.6 is 22.9 Å². The molecule has 0 saturated heterocycles. The lowest BCUT2D eigenvalue weighted by Gasteiger charge is -2.27. The van der Waals surface area contributed by atoms with E-state index >= 15 is 0 Å². The van der Waals surface area contributed by atoms with Gasteiger partial charge in [-0.3, -0.25) is 4.79 Å². The lowest BCUT2D eigenvalue weighted by Crippen LogP contribution is -2.35. The molecule has 0 unspecified atom stereocenters. The summed E-state index contributed by atoms with van der Waals surface area (Å²) in [7, 11) is 0. The van der Waals surface area contributed by atoms with Gasteiger partial charge in [-0.2, -0.15) is 0 Å². The van der Waals surface area contributed by atoms with Crippen molar-refractivity contribution in [2.45, 2.75) is 39.0 Å². The number of aromatic nitrogens is 2. The Labute approximate surface area is 110 Å². The zero-order valence-electron chi connectivity index (χ0n) is 9.83. The maximum absolute atomic E-state index is 11.8.